The molecule has 2 atom stereocenters. The minimum absolute atomic E-state index is 0.120. The molecule has 1 aromatic heterocycles. The molecule has 1 saturated heterocycles. The third-order valence-corrected chi connectivity index (χ3v) is 4.34. The van der Waals surface area contributed by atoms with Crippen molar-refractivity contribution in [1.29, 1.82) is 0 Å². The van der Waals surface area contributed by atoms with E-state index in [1.807, 2.05) is 12.1 Å². The second kappa shape index (κ2) is 8.88. The fourth-order valence-corrected chi connectivity index (χ4v) is 2.87. The van der Waals surface area contributed by atoms with Crippen molar-refractivity contribution in [2.24, 2.45) is 11.5 Å². The van der Waals surface area contributed by atoms with Gasteiger partial charge in [0, 0.05) is 17.9 Å². The number of ether oxygens (including phenoxy) is 1. The van der Waals surface area contributed by atoms with Gasteiger partial charge in [0.2, 0.25) is 11.7 Å². The first-order valence-electron chi connectivity index (χ1n) is 8.99. The molecular weight excluding hydrogens is 334 g/mol. The molecule has 0 radical (unpaired) electrons. The Kier molecular flexibility index (Phi) is 6.32. The number of benzene rings is 1. The number of rotatable bonds is 8. The van der Waals surface area contributed by atoms with Crippen LogP contribution in [-0.2, 0) is 9.53 Å². The molecule has 1 aromatic carbocycles. The molecule has 0 bridgehead atoms. The lowest BCUT2D eigenvalue weighted by atomic mass is 10.1. The van der Waals surface area contributed by atoms with Gasteiger partial charge in [-0.05, 0) is 44.4 Å². The Hall–Kier alpha value is -2.29. The fraction of sp³-hybridized carbons (Fsp3) is 0.500. The lowest BCUT2D eigenvalue weighted by molar-refractivity contribution is -0.117. The monoisotopic (exact) mass is 359 g/mol. The van der Waals surface area contributed by atoms with Crippen molar-refractivity contribution in [3.63, 3.8) is 0 Å². The molecule has 140 valence electrons. The first-order chi connectivity index (χ1) is 12.7. The van der Waals surface area contributed by atoms with Gasteiger partial charge in [0.05, 0.1) is 6.04 Å². The van der Waals surface area contributed by atoms with Crippen molar-refractivity contribution in [3.05, 3.63) is 30.2 Å². The largest absolute Gasteiger partial charge is 0.368 e. The number of hydrogen-bond donors (Lipinski definition) is 3. The number of anilines is 1. The molecule has 2 heterocycles. The maximum atomic E-state index is 12.2. The van der Waals surface area contributed by atoms with Crippen molar-refractivity contribution >= 4 is 11.6 Å². The molecular formula is C18H25N5O3. The lowest BCUT2D eigenvalue weighted by Crippen LogP contribution is -2.35. The van der Waals surface area contributed by atoms with Gasteiger partial charge in [0.25, 0.3) is 5.89 Å². The molecule has 5 N–H and O–H groups in total. The van der Waals surface area contributed by atoms with Crippen LogP contribution in [0.4, 0.5) is 5.69 Å². The molecule has 1 amide bonds. The maximum Gasteiger partial charge on any atom is 0.256 e. The molecule has 0 saturated carbocycles. The summed E-state index contributed by atoms with van der Waals surface area (Å²) in [5, 5.41) is 6.86. The minimum Gasteiger partial charge on any atom is -0.368 e. The van der Waals surface area contributed by atoms with E-state index in [-0.39, 0.29) is 12.0 Å². The Labute approximate surface area is 152 Å². The average molecular weight is 359 g/mol. The number of carbonyl (C=O) groups excluding carboxylic acids is 1. The number of nitrogens with one attached hydrogen (secondary N) is 1. The van der Waals surface area contributed by atoms with Crippen LogP contribution < -0.4 is 16.8 Å². The molecule has 26 heavy (non-hydrogen) atoms. The highest BCUT2D eigenvalue weighted by Gasteiger charge is 2.24. The average Bonchev–Trinajstić information content (AvgIpc) is 3.33. The third-order valence-electron chi connectivity index (χ3n) is 4.34. The van der Waals surface area contributed by atoms with Crippen molar-refractivity contribution in [2.75, 3.05) is 18.5 Å². The summed E-state index contributed by atoms with van der Waals surface area (Å²) >= 11 is 0. The van der Waals surface area contributed by atoms with Gasteiger partial charge in [0.15, 0.2) is 0 Å². The summed E-state index contributed by atoms with van der Waals surface area (Å²) < 4.78 is 10.9. The Morgan fingerprint density at radius 1 is 1.38 bits per heavy atom. The van der Waals surface area contributed by atoms with E-state index >= 15 is 0 Å². The topological polar surface area (TPSA) is 129 Å². The molecule has 8 nitrogen and oxygen atoms in total. The molecule has 1 fully saturated rings. The Bertz CT molecular complexity index is 727. The zero-order valence-electron chi connectivity index (χ0n) is 14.7. The number of unbranched alkanes of at least 4 members (excludes halogenated alkanes) is 1. The number of carbonyl (C=O) groups is 1. The van der Waals surface area contributed by atoms with Gasteiger partial charge >= 0.3 is 0 Å². The molecule has 0 aliphatic carbocycles. The van der Waals surface area contributed by atoms with Crippen LogP contribution in [0.2, 0.25) is 0 Å². The highest BCUT2D eigenvalue weighted by atomic mass is 16.5. The van der Waals surface area contributed by atoms with Gasteiger partial charge in [-0.25, -0.2) is 0 Å². The van der Waals surface area contributed by atoms with Gasteiger partial charge in [-0.1, -0.05) is 23.7 Å². The smallest absolute Gasteiger partial charge is 0.256 e. The number of hydrogen-bond acceptors (Lipinski definition) is 7. The van der Waals surface area contributed by atoms with Gasteiger partial charge < -0.3 is 26.0 Å². The normalized spacial score (nSPS) is 18.0. The van der Waals surface area contributed by atoms with Gasteiger partial charge in [0.1, 0.15) is 6.10 Å². The Morgan fingerprint density at radius 2 is 2.27 bits per heavy atom. The summed E-state index contributed by atoms with van der Waals surface area (Å²) in [5.41, 5.74) is 12.8. The maximum absolute atomic E-state index is 12.2. The summed E-state index contributed by atoms with van der Waals surface area (Å²) in [4.78, 5) is 16.6. The SMILES string of the molecule is NCCCC[C@H](N)C(=O)Nc1cccc(-c2noc(C3CCCO3)n2)c1. The van der Waals surface area contributed by atoms with Crippen LogP contribution in [0.5, 0.6) is 0 Å². The number of nitrogens with two attached hydrogens (primary N) is 2. The number of amides is 1. The van der Waals surface area contributed by atoms with Gasteiger partial charge in [-0.15, -0.1) is 0 Å². The summed E-state index contributed by atoms with van der Waals surface area (Å²) in [5.74, 6) is 0.750. The van der Waals surface area contributed by atoms with Crippen LogP contribution in [0.1, 0.15) is 44.1 Å². The quantitative estimate of drug-likeness (QED) is 0.614. The van der Waals surface area contributed by atoms with Gasteiger partial charge in [-0.2, -0.15) is 4.98 Å². The summed E-state index contributed by atoms with van der Waals surface area (Å²) in [6.07, 6.45) is 4.07. The molecule has 0 spiro atoms. The molecule has 2 aromatic rings. The summed E-state index contributed by atoms with van der Waals surface area (Å²) in [7, 11) is 0. The first kappa shape index (κ1) is 18.5. The van der Waals surface area contributed by atoms with Crippen molar-refractivity contribution in [2.45, 2.75) is 44.2 Å². The van der Waals surface area contributed by atoms with E-state index in [4.69, 9.17) is 20.7 Å². The van der Waals surface area contributed by atoms with E-state index in [0.29, 0.717) is 30.4 Å². The first-order valence-corrected chi connectivity index (χ1v) is 8.99. The Morgan fingerprint density at radius 3 is 3.04 bits per heavy atom. The minimum atomic E-state index is -0.554. The second-order valence-corrected chi connectivity index (χ2v) is 6.42. The predicted octanol–water partition coefficient (Wildman–Crippen LogP) is 1.98. The van der Waals surface area contributed by atoms with E-state index < -0.39 is 6.04 Å². The third kappa shape index (κ3) is 4.66. The number of nitrogens with zero attached hydrogens (tertiary/aromatic N) is 2. The predicted molar refractivity (Wildman–Crippen MR) is 97.2 cm³/mol. The van der Waals surface area contributed by atoms with E-state index in [0.717, 1.165) is 37.9 Å². The second-order valence-electron chi connectivity index (χ2n) is 6.42. The van der Waals surface area contributed by atoms with Crippen LogP contribution in [0.25, 0.3) is 11.4 Å². The van der Waals surface area contributed by atoms with Crippen LogP contribution in [-0.4, -0.2) is 35.2 Å². The highest BCUT2D eigenvalue weighted by Crippen LogP contribution is 2.29. The molecule has 3 rings (SSSR count). The molecule has 1 aliphatic rings. The summed E-state index contributed by atoms with van der Waals surface area (Å²) in [6, 6.07) is 6.74. The Balaban J connectivity index is 1.63. The van der Waals surface area contributed by atoms with E-state index in [1.54, 1.807) is 12.1 Å². The zero-order valence-corrected chi connectivity index (χ0v) is 14.7. The zero-order chi connectivity index (χ0) is 18.4. The van der Waals surface area contributed by atoms with E-state index in [2.05, 4.69) is 15.5 Å². The highest BCUT2D eigenvalue weighted by molar-refractivity contribution is 5.95. The van der Waals surface area contributed by atoms with Crippen molar-refractivity contribution in [3.8, 4) is 11.4 Å². The molecule has 1 aliphatic heterocycles. The molecule has 1 unspecified atom stereocenters. The van der Waals surface area contributed by atoms with Gasteiger partial charge in [-0.3, -0.25) is 4.79 Å². The standard InChI is InChI=1S/C18H25N5O3/c19-9-2-1-7-14(20)17(24)21-13-6-3-5-12(11-13)16-22-18(26-23-16)15-8-4-10-25-15/h3,5-6,11,14-15H,1-2,4,7-10,19-20H2,(H,21,24)/t14-,15?/m0/s1. The summed E-state index contributed by atoms with van der Waals surface area (Å²) in [6.45, 7) is 1.32. The van der Waals surface area contributed by atoms with E-state index in [1.165, 1.54) is 0 Å². The van der Waals surface area contributed by atoms with Crippen LogP contribution in [0.3, 0.4) is 0 Å². The molecule has 8 heteroatoms. The van der Waals surface area contributed by atoms with Crippen molar-refractivity contribution in [1.82, 2.24) is 10.1 Å². The lowest BCUT2D eigenvalue weighted by Gasteiger charge is -2.12. The van der Waals surface area contributed by atoms with Crippen LogP contribution in [0.15, 0.2) is 28.8 Å². The van der Waals surface area contributed by atoms with E-state index in [9.17, 15) is 4.79 Å². The fourth-order valence-electron chi connectivity index (χ4n) is 2.87. The number of aromatic nitrogens is 2. The van der Waals surface area contributed by atoms with Crippen LogP contribution in [0, 0.1) is 0 Å². The van der Waals surface area contributed by atoms with Crippen LogP contribution >= 0.6 is 0 Å². The van der Waals surface area contributed by atoms with Crippen molar-refractivity contribution < 1.29 is 14.1 Å².